The van der Waals surface area contributed by atoms with Gasteiger partial charge in [-0.05, 0) is 35.9 Å². The van der Waals surface area contributed by atoms with Crippen molar-refractivity contribution in [2.75, 3.05) is 12.0 Å². The molecule has 0 saturated heterocycles. The van der Waals surface area contributed by atoms with Crippen molar-refractivity contribution >= 4 is 18.0 Å². The number of hydrazone groups is 1. The van der Waals surface area contributed by atoms with Gasteiger partial charge in [-0.3, -0.25) is 5.43 Å². The van der Waals surface area contributed by atoms with Crippen LogP contribution in [0.4, 0.5) is 5.69 Å². The maximum atomic E-state index is 5.86. The number of ether oxygens (including phenoxy) is 1. The van der Waals surface area contributed by atoms with E-state index in [1.54, 1.807) is 6.21 Å². The summed E-state index contributed by atoms with van der Waals surface area (Å²) in [5.41, 5.74) is 6.05. The quantitative estimate of drug-likeness (QED) is 0.476. The summed E-state index contributed by atoms with van der Waals surface area (Å²) < 4.78 is 5.86. The molecule has 124 valence electrons. The highest BCUT2D eigenvalue weighted by Gasteiger charge is 1.99. The zero-order valence-corrected chi connectivity index (χ0v) is 13.9. The summed E-state index contributed by atoms with van der Waals surface area (Å²) in [4.78, 5) is 0. The summed E-state index contributed by atoms with van der Waals surface area (Å²) in [5.74, 6) is 0.804. The van der Waals surface area contributed by atoms with Crippen molar-refractivity contribution < 1.29 is 4.74 Å². The number of hydrogen-bond donors (Lipinski definition) is 1. The molecule has 0 aliphatic rings. The van der Waals surface area contributed by atoms with E-state index in [4.69, 9.17) is 4.74 Å². The maximum absolute atomic E-state index is 5.86. The molecule has 0 aliphatic carbocycles. The summed E-state index contributed by atoms with van der Waals surface area (Å²) in [6, 6.07) is 27.9. The predicted molar refractivity (Wildman–Crippen MR) is 105 cm³/mol. The van der Waals surface area contributed by atoms with Gasteiger partial charge in [0.2, 0.25) is 0 Å². The predicted octanol–water partition coefficient (Wildman–Crippen LogP) is 5.22. The molecule has 1 N–H and O–H groups in total. The number of anilines is 1. The van der Waals surface area contributed by atoms with E-state index in [0.29, 0.717) is 6.61 Å². The topological polar surface area (TPSA) is 33.6 Å². The molecule has 0 spiro atoms. The zero-order chi connectivity index (χ0) is 17.2. The minimum Gasteiger partial charge on any atom is -0.489 e. The van der Waals surface area contributed by atoms with Crippen LogP contribution < -0.4 is 10.2 Å². The maximum Gasteiger partial charge on any atom is 0.128 e. The third-order valence-corrected chi connectivity index (χ3v) is 3.54. The van der Waals surface area contributed by atoms with Gasteiger partial charge in [-0.15, -0.1) is 0 Å². The van der Waals surface area contributed by atoms with Gasteiger partial charge < -0.3 is 4.74 Å². The molecular weight excluding hydrogens is 308 g/mol. The molecule has 0 fully saturated rings. The summed E-state index contributed by atoms with van der Waals surface area (Å²) in [5, 5.41) is 4.28. The first-order chi connectivity index (χ1) is 12.4. The number of benzene rings is 3. The summed E-state index contributed by atoms with van der Waals surface area (Å²) in [6.07, 6.45) is 5.82. The van der Waals surface area contributed by atoms with Crippen LogP contribution in [0, 0.1) is 0 Å². The lowest BCUT2D eigenvalue weighted by Crippen LogP contribution is -1.98. The van der Waals surface area contributed by atoms with E-state index in [-0.39, 0.29) is 0 Å². The Morgan fingerprint density at radius 2 is 1.48 bits per heavy atom. The van der Waals surface area contributed by atoms with Crippen LogP contribution in [-0.2, 0) is 0 Å². The minimum absolute atomic E-state index is 0.506. The molecule has 0 saturated carbocycles. The van der Waals surface area contributed by atoms with Gasteiger partial charge in [-0.25, -0.2) is 0 Å². The number of hydrogen-bond acceptors (Lipinski definition) is 3. The van der Waals surface area contributed by atoms with Gasteiger partial charge in [0.1, 0.15) is 12.4 Å². The monoisotopic (exact) mass is 328 g/mol. The molecule has 3 nitrogen and oxygen atoms in total. The van der Waals surface area contributed by atoms with Crippen LogP contribution in [0.5, 0.6) is 5.75 Å². The van der Waals surface area contributed by atoms with Crippen molar-refractivity contribution in [3.8, 4) is 5.75 Å². The van der Waals surface area contributed by atoms with Crippen LogP contribution in [0.25, 0.3) is 6.08 Å². The molecule has 0 amide bonds. The first kappa shape index (κ1) is 16.5. The first-order valence-electron chi connectivity index (χ1n) is 8.19. The average Bonchev–Trinajstić information content (AvgIpc) is 2.68. The highest BCUT2D eigenvalue weighted by molar-refractivity contribution is 5.84. The zero-order valence-electron chi connectivity index (χ0n) is 13.9. The van der Waals surface area contributed by atoms with Crippen LogP contribution in [0.3, 0.4) is 0 Å². The van der Waals surface area contributed by atoms with Crippen molar-refractivity contribution in [3.63, 3.8) is 0 Å². The van der Waals surface area contributed by atoms with Crippen LogP contribution >= 0.6 is 0 Å². The molecule has 0 aromatic heterocycles. The smallest absolute Gasteiger partial charge is 0.128 e. The highest BCUT2D eigenvalue weighted by Crippen LogP contribution is 2.16. The Bertz CT molecular complexity index is 827. The second kappa shape index (κ2) is 9.08. The number of para-hydroxylation sites is 2. The first-order valence-corrected chi connectivity index (χ1v) is 8.19. The molecule has 0 atom stereocenters. The third kappa shape index (κ3) is 5.36. The number of rotatable bonds is 7. The highest BCUT2D eigenvalue weighted by atomic mass is 16.5. The van der Waals surface area contributed by atoms with Gasteiger partial charge in [0.25, 0.3) is 0 Å². The molecular formula is C22H20N2O. The fraction of sp³-hybridized carbons (Fsp3) is 0.0455. The molecule has 0 aliphatic heterocycles. The summed E-state index contributed by atoms with van der Waals surface area (Å²) in [6.45, 7) is 0.506. The Labute approximate surface area is 148 Å². The Morgan fingerprint density at radius 1 is 0.800 bits per heavy atom. The number of nitrogens with zero attached hydrogens (tertiary/aromatic N) is 1. The average molecular weight is 328 g/mol. The molecule has 0 unspecified atom stereocenters. The van der Waals surface area contributed by atoms with E-state index in [1.165, 1.54) is 0 Å². The summed E-state index contributed by atoms with van der Waals surface area (Å²) >= 11 is 0. The standard InChI is InChI=1S/C22H20N2O/c1-3-10-19(11-4-1)12-9-17-25-22-16-8-7-13-20(22)18-23-24-21-14-5-2-6-15-21/h1-16,18,24H,17H2. The van der Waals surface area contributed by atoms with Gasteiger partial charge in [0.15, 0.2) is 0 Å². The third-order valence-electron chi connectivity index (χ3n) is 3.54. The lowest BCUT2D eigenvalue weighted by atomic mass is 10.2. The molecule has 3 heteroatoms. The SMILES string of the molecule is C(=Cc1ccccc1)COc1ccccc1C=NNc1ccccc1. The van der Waals surface area contributed by atoms with Crippen LogP contribution in [0.2, 0.25) is 0 Å². The van der Waals surface area contributed by atoms with E-state index in [1.807, 2.05) is 84.9 Å². The fourth-order valence-electron chi connectivity index (χ4n) is 2.29. The van der Waals surface area contributed by atoms with E-state index < -0.39 is 0 Å². The van der Waals surface area contributed by atoms with Gasteiger partial charge in [-0.1, -0.05) is 66.7 Å². The molecule has 0 bridgehead atoms. The second-order valence-corrected chi connectivity index (χ2v) is 5.40. The fourth-order valence-corrected chi connectivity index (χ4v) is 2.29. The van der Waals surface area contributed by atoms with Crippen molar-refractivity contribution in [2.24, 2.45) is 5.10 Å². The van der Waals surface area contributed by atoms with E-state index in [9.17, 15) is 0 Å². The van der Waals surface area contributed by atoms with Crippen LogP contribution in [-0.4, -0.2) is 12.8 Å². The van der Waals surface area contributed by atoms with Crippen LogP contribution in [0.1, 0.15) is 11.1 Å². The van der Waals surface area contributed by atoms with E-state index in [2.05, 4.69) is 22.7 Å². The molecule has 0 radical (unpaired) electrons. The van der Waals surface area contributed by atoms with Gasteiger partial charge in [0.05, 0.1) is 11.9 Å². The van der Waals surface area contributed by atoms with Crippen molar-refractivity contribution in [1.82, 2.24) is 0 Å². The Hall–Kier alpha value is -3.33. The molecule has 3 rings (SSSR count). The van der Waals surface area contributed by atoms with Gasteiger partial charge in [0, 0.05) is 5.56 Å². The lowest BCUT2D eigenvalue weighted by molar-refractivity contribution is 0.363. The molecule has 25 heavy (non-hydrogen) atoms. The van der Waals surface area contributed by atoms with E-state index >= 15 is 0 Å². The second-order valence-electron chi connectivity index (χ2n) is 5.40. The van der Waals surface area contributed by atoms with Crippen molar-refractivity contribution in [2.45, 2.75) is 0 Å². The van der Waals surface area contributed by atoms with E-state index in [0.717, 1.165) is 22.6 Å². The Kier molecular flexibility index (Phi) is 6.01. The lowest BCUT2D eigenvalue weighted by Gasteiger charge is -2.06. The van der Waals surface area contributed by atoms with Gasteiger partial charge >= 0.3 is 0 Å². The Balaban J connectivity index is 1.58. The van der Waals surface area contributed by atoms with Crippen LogP contribution in [0.15, 0.2) is 96.1 Å². The summed E-state index contributed by atoms with van der Waals surface area (Å²) in [7, 11) is 0. The Morgan fingerprint density at radius 3 is 2.28 bits per heavy atom. The normalized spacial score (nSPS) is 11.0. The molecule has 0 heterocycles. The largest absolute Gasteiger partial charge is 0.489 e. The molecule has 3 aromatic carbocycles. The minimum atomic E-state index is 0.506. The number of nitrogens with one attached hydrogen (secondary N) is 1. The van der Waals surface area contributed by atoms with Crippen molar-refractivity contribution in [3.05, 3.63) is 102 Å². The van der Waals surface area contributed by atoms with Crippen molar-refractivity contribution in [1.29, 1.82) is 0 Å². The van der Waals surface area contributed by atoms with Gasteiger partial charge in [-0.2, -0.15) is 5.10 Å². The molecule has 3 aromatic rings.